The highest BCUT2D eigenvalue weighted by molar-refractivity contribution is 9.10. The van der Waals surface area contributed by atoms with Gasteiger partial charge in [0.2, 0.25) is 0 Å². The molecular formula is C50H42BBrF6N4O3. The molecule has 0 radical (unpaired) electrons. The molecule has 0 aliphatic carbocycles. The quantitative estimate of drug-likeness (QED) is 0.0981. The van der Waals surface area contributed by atoms with E-state index in [1.807, 2.05) is 98.8 Å². The van der Waals surface area contributed by atoms with Gasteiger partial charge in [-0.2, -0.15) is 26.3 Å². The molecule has 0 saturated carbocycles. The van der Waals surface area contributed by atoms with Gasteiger partial charge in [-0.1, -0.05) is 107 Å². The van der Waals surface area contributed by atoms with Gasteiger partial charge < -0.3 is 24.8 Å². The van der Waals surface area contributed by atoms with Crippen molar-refractivity contribution < 1.29 is 41.1 Å². The monoisotopic (exact) mass is 950 g/mol. The van der Waals surface area contributed by atoms with Crippen molar-refractivity contribution in [3.63, 3.8) is 0 Å². The Balaban J connectivity index is 0.000000160. The Hall–Kier alpha value is -6.26. The van der Waals surface area contributed by atoms with Crippen LogP contribution < -0.4 is 5.46 Å². The molecule has 0 spiro atoms. The van der Waals surface area contributed by atoms with Crippen LogP contribution in [-0.2, 0) is 28.2 Å². The maximum atomic E-state index is 12.7. The summed E-state index contributed by atoms with van der Waals surface area (Å²) in [4.78, 5) is 15.3. The molecule has 9 rings (SSSR count). The van der Waals surface area contributed by atoms with E-state index in [1.54, 1.807) is 38.2 Å². The number of aromatic amines is 2. The number of nitrogens with one attached hydrogen (secondary N) is 2. The second-order valence-electron chi connectivity index (χ2n) is 16.2. The van der Waals surface area contributed by atoms with Gasteiger partial charge >= 0.3 is 19.5 Å². The van der Waals surface area contributed by atoms with Crippen LogP contribution in [0.25, 0.3) is 57.5 Å². The van der Waals surface area contributed by atoms with Crippen molar-refractivity contribution in [2.45, 2.75) is 51.2 Å². The standard InChI is InChI=1S/C25H21F3N2O.C16H10BrF3N2.C9H11BO2/c1-24(2,31)20-6-4-3-5-19(20)17-10-13-21-22(15-17)30-23(29-21)14-9-16-7-11-18(12-8-16)25(26,27)28;17-12-6-7-13-14(9-12)22-15(21-13)8-3-10-1-4-11(5-2-10)16(18,19)20;1-9(2)7-5-3-4-6-8(7)10(11)12-9/h3-15,31H,1-2H3,(H,29,30);1-9H,(H,21,22);3-6,11H,1-2H3/b14-9+;8-3+;. The summed E-state index contributed by atoms with van der Waals surface area (Å²) in [6.45, 7) is 7.43. The molecule has 0 atom stereocenters. The highest BCUT2D eigenvalue weighted by atomic mass is 79.9. The Bertz CT molecular complexity index is 2990. The summed E-state index contributed by atoms with van der Waals surface area (Å²) >= 11 is 3.38. The van der Waals surface area contributed by atoms with Crippen LogP contribution in [-0.4, -0.2) is 37.2 Å². The fourth-order valence-corrected chi connectivity index (χ4v) is 7.57. The predicted octanol–water partition coefficient (Wildman–Crippen LogP) is 12.8. The van der Waals surface area contributed by atoms with Gasteiger partial charge in [0.1, 0.15) is 11.6 Å². The van der Waals surface area contributed by atoms with Gasteiger partial charge in [-0.3, -0.25) is 0 Å². The van der Waals surface area contributed by atoms with E-state index in [1.165, 1.54) is 24.3 Å². The lowest BCUT2D eigenvalue weighted by atomic mass is 9.78. The Morgan fingerprint density at radius 2 is 1.12 bits per heavy atom. The summed E-state index contributed by atoms with van der Waals surface area (Å²) in [7, 11) is -0.754. The van der Waals surface area contributed by atoms with Crippen LogP contribution in [0.4, 0.5) is 26.3 Å². The van der Waals surface area contributed by atoms with Crippen molar-refractivity contribution >= 4 is 74.9 Å². The second-order valence-corrected chi connectivity index (χ2v) is 17.1. The number of H-pyrrole nitrogens is 2. The molecule has 8 aromatic rings. The molecule has 6 aromatic carbocycles. The number of aromatic nitrogens is 4. The van der Waals surface area contributed by atoms with E-state index in [2.05, 4.69) is 35.9 Å². The number of benzene rings is 6. The van der Waals surface area contributed by atoms with Crippen LogP contribution >= 0.6 is 15.9 Å². The van der Waals surface area contributed by atoms with Crippen molar-refractivity contribution in [1.82, 2.24) is 19.9 Å². The normalized spacial score (nSPS) is 13.8. The number of halogens is 7. The van der Waals surface area contributed by atoms with E-state index >= 15 is 0 Å². The Labute approximate surface area is 379 Å². The zero-order valence-corrected chi connectivity index (χ0v) is 37.0. The molecule has 7 nitrogen and oxygen atoms in total. The fourth-order valence-electron chi connectivity index (χ4n) is 7.21. The first kappa shape index (κ1) is 46.7. The lowest BCUT2D eigenvalue weighted by Gasteiger charge is -2.21. The summed E-state index contributed by atoms with van der Waals surface area (Å²) in [6.07, 6.45) is -1.77. The van der Waals surface area contributed by atoms with Crippen LogP contribution in [0.1, 0.15) is 72.7 Å². The number of rotatable bonds is 6. The van der Waals surface area contributed by atoms with Crippen molar-refractivity contribution in [2.75, 3.05) is 0 Å². The lowest BCUT2D eigenvalue weighted by Crippen LogP contribution is -2.28. The largest absolute Gasteiger partial charge is 0.492 e. The van der Waals surface area contributed by atoms with Crippen LogP contribution in [0.15, 0.2) is 138 Å². The van der Waals surface area contributed by atoms with Crippen molar-refractivity contribution in [3.8, 4) is 11.1 Å². The topological polar surface area (TPSA) is 107 Å². The van der Waals surface area contributed by atoms with Gasteiger partial charge in [-0.25, -0.2) is 9.97 Å². The number of fused-ring (bicyclic) bond motifs is 3. The molecule has 0 saturated heterocycles. The number of alkyl halides is 6. The zero-order valence-electron chi connectivity index (χ0n) is 35.4. The molecule has 2 aromatic heterocycles. The summed E-state index contributed by atoms with van der Waals surface area (Å²) in [5.74, 6) is 1.25. The number of hydrogen-bond acceptors (Lipinski definition) is 5. The summed E-state index contributed by atoms with van der Waals surface area (Å²) < 4.78 is 81.8. The SMILES string of the molecule is CC(C)(O)c1ccccc1-c1ccc2nc(/C=C/c3ccc(C(F)(F)F)cc3)[nH]c2c1.CC1(C)OB(O)c2ccccc21.FC(F)(F)c1ccc(/C=C/c2nc3ccc(Br)cc3[nH]2)cc1. The molecule has 332 valence electrons. The number of aliphatic hydroxyl groups is 1. The summed E-state index contributed by atoms with van der Waals surface area (Å²) in [5.41, 5.74) is 6.68. The molecule has 0 unspecified atom stereocenters. The van der Waals surface area contributed by atoms with Crippen LogP contribution in [0.2, 0.25) is 0 Å². The van der Waals surface area contributed by atoms with E-state index in [0.29, 0.717) is 22.8 Å². The van der Waals surface area contributed by atoms with E-state index < -0.39 is 36.2 Å². The number of imidazole rings is 2. The highest BCUT2D eigenvalue weighted by Gasteiger charge is 2.40. The molecule has 0 bridgehead atoms. The number of nitrogens with zero attached hydrogens (tertiary/aromatic N) is 2. The van der Waals surface area contributed by atoms with Crippen LogP contribution in [0, 0.1) is 0 Å². The molecule has 1 aliphatic heterocycles. The summed E-state index contributed by atoms with van der Waals surface area (Å²) in [6, 6.07) is 36.9. The average Bonchev–Trinajstić information content (AvgIpc) is 3.94. The van der Waals surface area contributed by atoms with Gasteiger partial charge in [0.25, 0.3) is 0 Å². The highest BCUT2D eigenvalue weighted by Crippen LogP contribution is 2.34. The smallest absolute Gasteiger partial charge is 0.423 e. The van der Waals surface area contributed by atoms with Gasteiger partial charge in [-0.15, -0.1) is 0 Å². The third-order valence-corrected chi connectivity index (χ3v) is 11.0. The maximum absolute atomic E-state index is 12.7. The molecular weight excluding hydrogens is 909 g/mol. The third-order valence-electron chi connectivity index (χ3n) is 10.5. The minimum absolute atomic E-state index is 0.351. The van der Waals surface area contributed by atoms with E-state index in [0.717, 1.165) is 78.5 Å². The average molecular weight is 952 g/mol. The van der Waals surface area contributed by atoms with Crippen molar-refractivity contribution in [1.29, 1.82) is 0 Å². The van der Waals surface area contributed by atoms with Crippen LogP contribution in [0.5, 0.6) is 0 Å². The van der Waals surface area contributed by atoms with Gasteiger partial charge in [-0.05, 0) is 133 Å². The molecule has 3 heterocycles. The fraction of sp³-hybridized carbons (Fsp3) is 0.160. The Kier molecular flexibility index (Phi) is 13.4. The first-order chi connectivity index (χ1) is 30.6. The zero-order chi connectivity index (χ0) is 46.7. The third kappa shape index (κ3) is 11.5. The minimum Gasteiger partial charge on any atom is -0.423 e. The van der Waals surface area contributed by atoms with Gasteiger partial charge in [0.15, 0.2) is 0 Å². The van der Waals surface area contributed by atoms with E-state index in [-0.39, 0.29) is 5.60 Å². The molecule has 15 heteroatoms. The van der Waals surface area contributed by atoms with Gasteiger partial charge in [0, 0.05) is 4.47 Å². The van der Waals surface area contributed by atoms with Crippen molar-refractivity contribution in [2.24, 2.45) is 0 Å². The molecule has 65 heavy (non-hydrogen) atoms. The molecule has 0 fully saturated rings. The summed E-state index contributed by atoms with van der Waals surface area (Å²) in [5, 5.41) is 20.0. The molecule has 4 N–H and O–H groups in total. The first-order valence-electron chi connectivity index (χ1n) is 20.3. The lowest BCUT2D eigenvalue weighted by molar-refractivity contribution is -0.138. The molecule has 1 aliphatic rings. The maximum Gasteiger partial charge on any atom is 0.492 e. The number of hydrogen-bond donors (Lipinski definition) is 4. The second kappa shape index (κ2) is 18.7. The first-order valence-corrected chi connectivity index (χ1v) is 21.1. The minimum atomic E-state index is -4.34. The molecule has 0 amide bonds. The van der Waals surface area contributed by atoms with Crippen molar-refractivity contribution in [3.05, 3.63) is 183 Å². The Morgan fingerprint density at radius 3 is 1.65 bits per heavy atom. The van der Waals surface area contributed by atoms with E-state index in [9.17, 15) is 36.5 Å². The van der Waals surface area contributed by atoms with Gasteiger partial charge in [0.05, 0.1) is 44.4 Å². The van der Waals surface area contributed by atoms with Crippen LogP contribution in [0.3, 0.4) is 0 Å². The van der Waals surface area contributed by atoms with E-state index in [4.69, 9.17) is 4.65 Å². The predicted molar refractivity (Wildman–Crippen MR) is 249 cm³/mol. The Morgan fingerprint density at radius 1 is 0.631 bits per heavy atom.